The minimum atomic E-state index is -0.933. The molecule has 2 N–H and O–H groups in total. The maximum atomic E-state index is 13.3. The predicted octanol–water partition coefficient (Wildman–Crippen LogP) is 3.05. The fraction of sp³-hybridized carbons (Fsp3) is 0.400. The van der Waals surface area contributed by atoms with Crippen molar-refractivity contribution in [1.29, 1.82) is 0 Å². The lowest BCUT2D eigenvalue weighted by Crippen LogP contribution is -2.46. The van der Waals surface area contributed by atoms with Crippen molar-refractivity contribution in [3.05, 3.63) is 54.1 Å². The number of amides is 3. The summed E-state index contributed by atoms with van der Waals surface area (Å²) in [6, 6.07) is 14.3. The van der Waals surface area contributed by atoms with Gasteiger partial charge < -0.3 is 20.3 Å². The number of para-hydroxylation sites is 1. The van der Waals surface area contributed by atoms with Gasteiger partial charge in [0.25, 0.3) is 5.91 Å². The summed E-state index contributed by atoms with van der Waals surface area (Å²) in [6.45, 7) is 6.41. The van der Waals surface area contributed by atoms with Crippen LogP contribution >= 0.6 is 0 Å². The Hall–Kier alpha value is -3.19. The van der Waals surface area contributed by atoms with Gasteiger partial charge in [-0.3, -0.25) is 14.4 Å². The monoisotopic (exact) mass is 437 g/mol. The molecule has 0 aliphatic carbocycles. The average molecular weight is 438 g/mol. The predicted molar refractivity (Wildman–Crippen MR) is 124 cm³/mol. The van der Waals surface area contributed by atoms with Gasteiger partial charge in [-0.2, -0.15) is 0 Å². The van der Waals surface area contributed by atoms with Gasteiger partial charge in [0, 0.05) is 25.8 Å². The van der Waals surface area contributed by atoms with Crippen molar-refractivity contribution in [2.75, 3.05) is 25.1 Å². The average Bonchev–Trinajstić information content (AvgIpc) is 2.88. The van der Waals surface area contributed by atoms with Crippen LogP contribution in [0.15, 0.2) is 48.5 Å². The molecule has 0 saturated carbocycles. The molecule has 2 aromatic carbocycles. The van der Waals surface area contributed by atoms with Gasteiger partial charge >= 0.3 is 0 Å². The number of ether oxygens (including phenoxy) is 1. The molecule has 0 spiro atoms. The lowest BCUT2D eigenvalue weighted by atomic mass is 9.95. The van der Waals surface area contributed by atoms with Gasteiger partial charge in [0.2, 0.25) is 11.8 Å². The van der Waals surface area contributed by atoms with Crippen molar-refractivity contribution in [3.63, 3.8) is 0 Å². The van der Waals surface area contributed by atoms with E-state index in [0.29, 0.717) is 25.1 Å². The number of likely N-dealkylation sites (N-methyl/N-ethyl adjacent to an activating group) is 1. The molecule has 7 nitrogen and oxygen atoms in total. The Labute approximate surface area is 189 Å². The van der Waals surface area contributed by atoms with E-state index in [2.05, 4.69) is 10.6 Å². The first-order valence-electron chi connectivity index (χ1n) is 11.0. The van der Waals surface area contributed by atoms with Crippen molar-refractivity contribution < 1.29 is 19.1 Å². The summed E-state index contributed by atoms with van der Waals surface area (Å²) in [5, 5.41) is 5.58. The van der Waals surface area contributed by atoms with Crippen LogP contribution in [0.4, 0.5) is 5.69 Å². The summed E-state index contributed by atoms with van der Waals surface area (Å²) in [5.74, 6) is -2.06. The molecule has 0 aromatic heterocycles. The second-order valence-corrected chi connectivity index (χ2v) is 8.23. The summed E-state index contributed by atoms with van der Waals surface area (Å²) in [5.41, 5.74) is 3.29. The Bertz CT molecular complexity index is 989. The molecule has 0 radical (unpaired) electrons. The van der Waals surface area contributed by atoms with Crippen LogP contribution in [0.2, 0.25) is 0 Å². The summed E-state index contributed by atoms with van der Waals surface area (Å²) in [7, 11) is 1.70. The van der Waals surface area contributed by atoms with Gasteiger partial charge in [-0.15, -0.1) is 0 Å². The number of benzene rings is 2. The van der Waals surface area contributed by atoms with E-state index in [9.17, 15) is 14.4 Å². The Morgan fingerprint density at radius 3 is 2.38 bits per heavy atom. The quantitative estimate of drug-likeness (QED) is 0.491. The molecule has 7 heteroatoms. The number of nitrogens with one attached hydrogen (secondary N) is 2. The Kier molecular flexibility index (Phi) is 7.64. The highest BCUT2D eigenvalue weighted by Crippen LogP contribution is 2.39. The van der Waals surface area contributed by atoms with Crippen molar-refractivity contribution in [2.24, 2.45) is 5.92 Å². The topological polar surface area (TPSA) is 87.7 Å². The summed E-state index contributed by atoms with van der Waals surface area (Å²) >= 11 is 0. The van der Waals surface area contributed by atoms with Gasteiger partial charge in [0.05, 0.1) is 11.8 Å². The molecule has 1 aliphatic rings. The number of anilines is 1. The molecule has 2 aromatic rings. The molecule has 1 heterocycles. The molecular formula is C25H31N3O4. The Morgan fingerprint density at radius 1 is 1.00 bits per heavy atom. The van der Waals surface area contributed by atoms with E-state index < -0.39 is 17.9 Å². The van der Waals surface area contributed by atoms with Crippen molar-refractivity contribution >= 4 is 23.4 Å². The fourth-order valence-electron chi connectivity index (χ4n) is 3.71. The van der Waals surface area contributed by atoms with Gasteiger partial charge in [-0.25, -0.2) is 0 Å². The van der Waals surface area contributed by atoms with Gasteiger partial charge in [-0.1, -0.05) is 42.5 Å². The maximum absolute atomic E-state index is 13.3. The number of carbonyl (C=O) groups excluding carboxylic acids is 3. The van der Waals surface area contributed by atoms with E-state index in [1.807, 2.05) is 62.4 Å². The van der Waals surface area contributed by atoms with E-state index in [1.165, 1.54) is 0 Å². The normalized spacial score (nSPS) is 16.1. The fourth-order valence-corrected chi connectivity index (χ4v) is 3.71. The number of carbonyl (C=O) groups is 3. The molecule has 2 atom stereocenters. The van der Waals surface area contributed by atoms with Gasteiger partial charge in [0.1, 0.15) is 12.0 Å². The highest BCUT2D eigenvalue weighted by molar-refractivity contribution is 6.07. The molecule has 3 amide bonds. The lowest BCUT2D eigenvalue weighted by molar-refractivity contribution is -0.136. The number of rotatable bonds is 8. The van der Waals surface area contributed by atoms with Crippen molar-refractivity contribution in [1.82, 2.24) is 10.6 Å². The first-order chi connectivity index (χ1) is 15.3. The maximum Gasteiger partial charge on any atom is 0.253 e. The van der Waals surface area contributed by atoms with Crippen LogP contribution in [0.25, 0.3) is 11.1 Å². The number of hydrogen-bond acceptors (Lipinski definition) is 4. The molecular weight excluding hydrogens is 406 g/mol. The number of hydrogen-bond donors (Lipinski definition) is 2. The molecule has 0 unspecified atom stereocenters. The number of fused-ring (bicyclic) bond motifs is 3. The third-order valence-corrected chi connectivity index (χ3v) is 5.55. The van der Waals surface area contributed by atoms with Crippen LogP contribution in [-0.4, -0.2) is 44.0 Å². The van der Waals surface area contributed by atoms with E-state index in [-0.39, 0.29) is 17.9 Å². The van der Waals surface area contributed by atoms with Crippen LogP contribution in [0.3, 0.4) is 0 Å². The third kappa shape index (κ3) is 5.16. The van der Waals surface area contributed by atoms with E-state index in [4.69, 9.17) is 4.74 Å². The summed E-state index contributed by atoms with van der Waals surface area (Å²) < 4.78 is 5.45. The molecule has 0 saturated heterocycles. The minimum Gasteiger partial charge on any atom is -0.379 e. The molecule has 170 valence electrons. The molecule has 0 fully saturated rings. The minimum absolute atomic E-state index is 0.139. The highest BCUT2D eigenvalue weighted by atomic mass is 16.5. The van der Waals surface area contributed by atoms with E-state index in [1.54, 1.807) is 18.9 Å². The molecule has 32 heavy (non-hydrogen) atoms. The second-order valence-electron chi connectivity index (χ2n) is 8.23. The summed E-state index contributed by atoms with van der Waals surface area (Å²) in [6.07, 6.45) is 0.801. The Balaban J connectivity index is 1.73. The SMILES string of the molecule is CC(C)OCCCNC(=O)[C@@H](C)C(=O)N[C@H]1C(=O)N(C)c2ccccc2-c2ccccc21. The third-order valence-electron chi connectivity index (χ3n) is 5.55. The second kappa shape index (κ2) is 10.4. The van der Waals surface area contributed by atoms with Crippen LogP contribution in [0.1, 0.15) is 38.8 Å². The lowest BCUT2D eigenvalue weighted by Gasteiger charge is -2.24. The zero-order valence-electron chi connectivity index (χ0n) is 19.1. The summed E-state index contributed by atoms with van der Waals surface area (Å²) in [4.78, 5) is 40.2. The number of nitrogens with zero attached hydrogens (tertiary/aromatic N) is 1. The van der Waals surface area contributed by atoms with Crippen LogP contribution in [0, 0.1) is 5.92 Å². The van der Waals surface area contributed by atoms with Crippen molar-refractivity contribution in [2.45, 2.75) is 39.3 Å². The standard InChI is InChI=1S/C25H31N3O4/c1-16(2)32-15-9-14-26-23(29)17(3)24(30)27-22-20-12-6-5-10-18(20)19-11-7-8-13-21(19)28(4)25(22)31/h5-8,10-13,16-17,22H,9,14-15H2,1-4H3,(H,26,29)(H,27,30)/t17-,22-/m1/s1. The zero-order valence-corrected chi connectivity index (χ0v) is 19.1. The van der Waals surface area contributed by atoms with Crippen LogP contribution in [-0.2, 0) is 19.1 Å². The largest absolute Gasteiger partial charge is 0.379 e. The molecule has 0 bridgehead atoms. The van der Waals surface area contributed by atoms with Crippen LogP contribution < -0.4 is 15.5 Å². The first kappa shape index (κ1) is 23.5. The smallest absolute Gasteiger partial charge is 0.253 e. The van der Waals surface area contributed by atoms with E-state index in [0.717, 1.165) is 16.8 Å². The zero-order chi connectivity index (χ0) is 23.3. The first-order valence-corrected chi connectivity index (χ1v) is 11.0. The van der Waals surface area contributed by atoms with Crippen molar-refractivity contribution in [3.8, 4) is 11.1 Å². The van der Waals surface area contributed by atoms with Gasteiger partial charge in [-0.05, 0) is 44.4 Å². The Morgan fingerprint density at radius 2 is 1.66 bits per heavy atom. The highest BCUT2D eigenvalue weighted by Gasteiger charge is 2.34. The van der Waals surface area contributed by atoms with Crippen LogP contribution in [0.5, 0.6) is 0 Å². The molecule has 3 rings (SSSR count). The van der Waals surface area contributed by atoms with Gasteiger partial charge in [0.15, 0.2) is 0 Å². The van der Waals surface area contributed by atoms with E-state index >= 15 is 0 Å². The molecule has 1 aliphatic heterocycles.